The summed E-state index contributed by atoms with van der Waals surface area (Å²) >= 11 is 5.95. The number of alkyl halides is 3. The summed E-state index contributed by atoms with van der Waals surface area (Å²) in [5, 5.41) is 0.189. The summed E-state index contributed by atoms with van der Waals surface area (Å²) < 4.78 is 51.3. The monoisotopic (exact) mass is 396 g/mol. The van der Waals surface area contributed by atoms with Crippen LogP contribution in [0.2, 0.25) is 5.15 Å². The molecule has 0 aliphatic heterocycles. The van der Waals surface area contributed by atoms with Crippen LogP contribution in [0.3, 0.4) is 0 Å². The number of ether oxygens (including phenoxy) is 2. The van der Waals surface area contributed by atoms with E-state index in [0.29, 0.717) is 17.0 Å². The minimum Gasteiger partial charge on any atom is -0.497 e. The summed E-state index contributed by atoms with van der Waals surface area (Å²) in [6, 6.07) is 9.82. The van der Waals surface area contributed by atoms with E-state index >= 15 is 0 Å². The van der Waals surface area contributed by atoms with E-state index in [9.17, 15) is 13.2 Å². The second-order valence-corrected chi connectivity index (χ2v) is 6.25. The van der Waals surface area contributed by atoms with E-state index in [0.717, 1.165) is 23.6 Å². The Morgan fingerprint density at radius 3 is 2.44 bits per heavy atom. The van der Waals surface area contributed by atoms with Crippen molar-refractivity contribution < 1.29 is 22.6 Å². The van der Waals surface area contributed by atoms with E-state index in [-0.39, 0.29) is 11.8 Å². The average molecular weight is 397 g/mol. The lowest BCUT2D eigenvalue weighted by atomic mass is 10.1. The van der Waals surface area contributed by atoms with Gasteiger partial charge in [0.2, 0.25) is 0 Å². The molecule has 0 aliphatic carbocycles. The van der Waals surface area contributed by atoms with E-state index in [1.807, 2.05) is 12.1 Å². The predicted molar refractivity (Wildman–Crippen MR) is 96.0 cm³/mol. The van der Waals surface area contributed by atoms with Crippen molar-refractivity contribution in [3.05, 3.63) is 65.1 Å². The average Bonchev–Trinajstić information content (AvgIpc) is 3.02. The molecule has 0 spiro atoms. The van der Waals surface area contributed by atoms with Crippen molar-refractivity contribution in [3.8, 4) is 22.8 Å². The van der Waals surface area contributed by atoms with Crippen LogP contribution in [0, 0.1) is 0 Å². The number of hydrogen-bond acceptors (Lipinski definition) is 3. The summed E-state index contributed by atoms with van der Waals surface area (Å²) in [7, 11) is 3.11. The normalized spacial score (nSPS) is 11.5. The van der Waals surface area contributed by atoms with Crippen molar-refractivity contribution in [2.45, 2.75) is 12.8 Å². The van der Waals surface area contributed by atoms with Gasteiger partial charge in [0.1, 0.15) is 23.3 Å². The lowest BCUT2D eigenvalue weighted by Gasteiger charge is -2.12. The standard InChI is InChI=1S/C19H16ClF3N2O2/c1-25-10-13(19(21,22)23)7-16(25)15-9-24-18(20)8-17(15)27-11-12-3-5-14(26-2)6-4-12/h3-10H,11H2,1-2H3. The molecule has 0 amide bonds. The Bertz CT molecular complexity index is 937. The molecular formula is C19H16ClF3N2O2. The van der Waals surface area contributed by atoms with Gasteiger partial charge in [0.05, 0.1) is 23.9 Å². The van der Waals surface area contributed by atoms with E-state index in [4.69, 9.17) is 21.1 Å². The number of aryl methyl sites for hydroxylation is 1. The lowest BCUT2D eigenvalue weighted by molar-refractivity contribution is -0.137. The number of rotatable bonds is 5. The SMILES string of the molecule is COc1ccc(COc2cc(Cl)ncc2-c2cc(C(F)(F)F)cn2C)cc1. The highest BCUT2D eigenvalue weighted by Gasteiger charge is 2.32. The first-order chi connectivity index (χ1) is 12.8. The van der Waals surface area contributed by atoms with Crippen LogP contribution in [0.25, 0.3) is 11.3 Å². The summed E-state index contributed by atoms with van der Waals surface area (Å²) in [6.07, 6.45) is -2.00. The maximum atomic E-state index is 13.0. The Kier molecular flexibility index (Phi) is 5.32. The Balaban J connectivity index is 1.90. The first kappa shape index (κ1) is 19.1. The Hall–Kier alpha value is -2.67. The molecular weight excluding hydrogens is 381 g/mol. The van der Waals surface area contributed by atoms with Gasteiger partial charge in [-0.05, 0) is 23.8 Å². The molecule has 27 heavy (non-hydrogen) atoms. The summed E-state index contributed by atoms with van der Waals surface area (Å²) in [6.45, 7) is 0.216. The molecule has 0 N–H and O–H groups in total. The molecule has 1 aromatic carbocycles. The molecule has 8 heteroatoms. The van der Waals surface area contributed by atoms with Gasteiger partial charge in [-0.1, -0.05) is 23.7 Å². The van der Waals surface area contributed by atoms with Crippen molar-refractivity contribution in [1.82, 2.24) is 9.55 Å². The predicted octanol–water partition coefficient (Wildman–Crippen LogP) is 5.35. The number of pyridine rings is 1. The van der Waals surface area contributed by atoms with Gasteiger partial charge in [0.25, 0.3) is 0 Å². The van der Waals surface area contributed by atoms with E-state index < -0.39 is 11.7 Å². The minimum atomic E-state index is -4.43. The molecule has 0 atom stereocenters. The fourth-order valence-electron chi connectivity index (χ4n) is 2.59. The molecule has 3 aromatic rings. The number of halogens is 4. The second kappa shape index (κ2) is 7.52. The van der Waals surface area contributed by atoms with Crippen LogP contribution in [-0.4, -0.2) is 16.7 Å². The molecule has 0 saturated carbocycles. The van der Waals surface area contributed by atoms with Gasteiger partial charge in [-0.2, -0.15) is 13.2 Å². The second-order valence-electron chi connectivity index (χ2n) is 5.86. The Morgan fingerprint density at radius 2 is 1.85 bits per heavy atom. The highest BCUT2D eigenvalue weighted by atomic mass is 35.5. The first-order valence-corrected chi connectivity index (χ1v) is 8.31. The van der Waals surface area contributed by atoms with Crippen molar-refractivity contribution in [2.24, 2.45) is 7.05 Å². The fourth-order valence-corrected chi connectivity index (χ4v) is 2.74. The molecule has 3 rings (SSSR count). The van der Waals surface area contributed by atoms with Crippen LogP contribution in [-0.2, 0) is 19.8 Å². The van der Waals surface area contributed by atoms with E-state index in [2.05, 4.69) is 4.98 Å². The number of methoxy groups -OCH3 is 1. The molecule has 0 radical (unpaired) electrons. The number of benzene rings is 1. The quantitative estimate of drug-likeness (QED) is 0.546. The minimum absolute atomic E-state index is 0.189. The maximum Gasteiger partial charge on any atom is 0.417 e. The number of nitrogens with zero attached hydrogens (tertiary/aromatic N) is 2. The highest BCUT2D eigenvalue weighted by Crippen LogP contribution is 2.37. The molecule has 0 saturated heterocycles. The lowest BCUT2D eigenvalue weighted by Crippen LogP contribution is -2.02. The largest absolute Gasteiger partial charge is 0.497 e. The Morgan fingerprint density at radius 1 is 1.15 bits per heavy atom. The van der Waals surface area contributed by atoms with Crippen LogP contribution < -0.4 is 9.47 Å². The van der Waals surface area contributed by atoms with Crippen molar-refractivity contribution in [1.29, 1.82) is 0 Å². The molecule has 0 fully saturated rings. The van der Waals surface area contributed by atoms with E-state index in [1.54, 1.807) is 19.2 Å². The van der Waals surface area contributed by atoms with Crippen LogP contribution in [0.15, 0.2) is 48.8 Å². The third kappa shape index (κ3) is 4.36. The van der Waals surface area contributed by atoms with Gasteiger partial charge in [0, 0.05) is 25.5 Å². The van der Waals surface area contributed by atoms with Gasteiger partial charge < -0.3 is 14.0 Å². The molecule has 2 aromatic heterocycles. The molecule has 0 unspecified atom stereocenters. The van der Waals surface area contributed by atoms with E-state index in [1.165, 1.54) is 23.9 Å². The summed E-state index contributed by atoms with van der Waals surface area (Å²) in [5.41, 5.74) is 0.885. The molecule has 2 heterocycles. The Labute approximate surface area is 159 Å². The molecule has 4 nitrogen and oxygen atoms in total. The fraction of sp³-hybridized carbons (Fsp3) is 0.211. The van der Waals surface area contributed by atoms with Gasteiger partial charge in [-0.3, -0.25) is 0 Å². The maximum absolute atomic E-state index is 13.0. The number of hydrogen-bond donors (Lipinski definition) is 0. The zero-order chi connectivity index (χ0) is 19.6. The van der Waals surface area contributed by atoms with Crippen LogP contribution in [0.5, 0.6) is 11.5 Å². The topological polar surface area (TPSA) is 36.3 Å². The summed E-state index contributed by atoms with van der Waals surface area (Å²) in [4.78, 5) is 3.98. The zero-order valence-corrected chi connectivity index (χ0v) is 15.3. The van der Waals surface area contributed by atoms with Crippen molar-refractivity contribution in [3.63, 3.8) is 0 Å². The zero-order valence-electron chi connectivity index (χ0n) is 14.5. The van der Waals surface area contributed by atoms with Crippen LogP contribution in [0.1, 0.15) is 11.1 Å². The van der Waals surface area contributed by atoms with Gasteiger partial charge in [0.15, 0.2) is 0 Å². The third-order valence-corrected chi connectivity index (χ3v) is 4.20. The van der Waals surface area contributed by atoms with Gasteiger partial charge >= 0.3 is 6.18 Å². The molecule has 142 valence electrons. The summed E-state index contributed by atoms with van der Waals surface area (Å²) in [5.74, 6) is 1.07. The third-order valence-electron chi connectivity index (χ3n) is 3.99. The van der Waals surface area contributed by atoms with Crippen molar-refractivity contribution in [2.75, 3.05) is 7.11 Å². The van der Waals surface area contributed by atoms with Gasteiger partial charge in [-0.25, -0.2) is 4.98 Å². The van der Waals surface area contributed by atoms with Gasteiger partial charge in [-0.15, -0.1) is 0 Å². The molecule has 0 aliphatic rings. The smallest absolute Gasteiger partial charge is 0.417 e. The van der Waals surface area contributed by atoms with Crippen LogP contribution >= 0.6 is 11.6 Å². The van der Waals surface area contributed by atoms with Crippen LogP contribution in [0.4, 0.5) is 13.2 Å². The first-order valence-electron chi connectivity index (χ1n) is 7.93. The molecule has 0 bridgehead atoms. The highest BCUT2D eigenvalue weighted by molar-refractivity contribution is 6.29. The van der Waals surface area contributed by atoms with Crippen molar-refractivity contribution >= 4 is 11.6 Å². The number of aromatic nitrogens is 2.